The molecular formula is C20H21F4N5O2. The second-order valence-corrected chi connectivity index (χ2v) is 8.58. The Kier molecular flexibility index (Phi) is 4.64. The zero-order chi connectivity index (χ0) is 22.8. The summed E-state index contributed by atoms with van der Waals surface area (Å²) in [6.45, 7) is 1.61. The van der Waals surface area contributed by atoms with E-state index in [0.717, 1.165) is 4.68 Å². The summed E-state index contributed by atoms with van der Waals surface area (Å²) < 4.78 is 58.2. The second kappa shape index (κ2) is 6.76. The van der Waals surface area contributed by atoms with Crippen molar-refractivity contribution in [1.29, 1.82) is 0 Å². The molecule has 3 aliphatic carbocycles. The number of aromatic nitrogens is 3. The summed E-state index contributed by atoms with van der Waals surface area (Å²) in [5.74, 6) is -8.03. The molecule has 2 heterocycles. The minimum absolute atomic E-state index is 0.0947. The van der Waals surface area contributed by atoms with Crippen LogP contribution < -0.4 is 11.1 Å². The Morgan fingerprint density at radius 2 is 2.00 bits per heavy atom. The quantitative estimate of drug-likeness (QED) is 0.673. The van der Waals surface area contributed by atoms with Gasteiger partial charge in [0.25, 0.3) is 23.7 Å². The molecule has 2 aromatic rings. The molecule has 0 radical (unpaired) electrons. The van der Waals surface area contributed by atoms with E-state index in [4.69, 9.17) is 5.73 Å². The largest absolute Gasteiger partial charge is 0.364 e. The smallest absolute Gasteiger partial charge is 0.289 e. The average Bonchev–Trinajstić information content (AvgIpc) is 3.17. The number of hydrogen-bond acceptors (Lipinski definition) is 4. The number of alkyl halides is 4. The highest BCUT2D eigenvalue weighted by molar-refractivity contribution is 6.04. The van der Waals surface area contributed by atoms with E-state index < -0.39 is 34.8 Å². The standard InChI is InChI=1S/C20H21F4N5O2/c1-10-14(17(31)27-12-3-4-26-13(5-12)16(25)30)29(28-15(10)18(2,21)22)9-19-6-11(7-19)8-20(19,23)24/h3-5,11H,6-9H2,1-2H3,(H2,25,30)(H,26,27,31). The highest BCUT2D eigenvalue weighted by atomic mass is 19.3. The number of amides is 2. The van der Waals surface area contributed by atoms with Gasteiger partial charge in [-0.1, -0.05) is 0 Å². The van der Waals surface area contributed by atoms with Gasteiger partial charge in [0.1, 0.15) is 17.1 Å². The number of rotatable bonds is 6. The Balaban J connectivity index is 1.71. The normalized spacial score (nSPS) is 24.0. The fraction of sp³-hybridized carbons (Fsp3) is 0.500. The number of halogens is 4. The van der Waals surface area contributed by atoms with Gasteiger partial charge in [-0.25, -0.2) is 8.78 Å². The molecular weight excluding hydrogens is 418 g/mol. The lowest BCUT2D eigenvalue weighted by atomic mass is 9.68. The van der Waals surface area contributed by atoms with Gasteiger partial charge in [-0.15, -0.1) is 0 Å². The molecule has 7 nitrogen and oxygen atoms in total. The number of carbonyl (C=O) groups excluding carboxylic acids is 2. The van der Waals surface area contributed by atoms with Crippen molar-refractivity contribution in [2.24, 2.45) is 17.1 Å². The van der Waals surface area contributed by atoms with Crippen molar-refractivity contribution in [1.82, 2.24) is 14.8 Å². The molecule has 0 aromatic carbocycles. The third-order valence-electron chi connectivity index (χ3n) is 6.22. The van der Waals surface area contributed by atoms with Crippen molar-refractivity contribution >= 4 is 17.5 Å². The number of nitrogens with two attached hydrogens (primary N) is 1. The van der Waals surface area contributed by atoms with Crippen molar-refractivity contribution in [3.8, 4) is 0 Å². The zero-order valence-corrected chi connectivity index (χ0v) is 16.9. The number of hydrogen-bond donors (Lipinski definition) is 2. The van der Waals surface area contributed by atoms with E-state index in [1.54, 1.807) is 0 Å². The molecule has 0 aliphatic heterocycles. The van der Waals surface area contributed by atoms with Crippen LogP contribution in [-0.2, 0) is 12.5 Å². The van der Waals surface area contributed by atoms with Crippen LogP contribution >= 0.6 is 0 Å². The van der Waals surface area contributed by atoms with E-state index in [1.807, 2.05) is 0 Å². The Morgan fingerprint density at radius 1 is 1.32 bits per heavy atom. The Hall–Kier alpha value is -2.98. The number of fused-ring (bicyclic) bond motifs is 1. The molecule has 2 amide bonds. The molecule has 2 aromatic heterocycles. The van der Waals surface area contributed by atoms with E-state index >= 15 is 0 Å². The van der Waals surface area contributed by atoms with E-state index in [2.05, 4.69) is 15.4 Å². The number of primary amides is 1. The number of nitrogens with zero attached hydrogens (tertiary/aromatic N) is 3. The molecule has 0 unspecified atom stereocenters. The van der Waals surface area contributed by atoms with Crippen molar-refractivity contribution in [3.63, 3.8) is 0 Å². The summed E-state index contributed by atoms with van der Waals surface area (Å²) in [4.78, 5) is 28.1. The van der Waals surface area contributed by atoms with Crippen molar-refractivity contribution in [2.75, 3.05) is 5.32 Å². The number of anilines is 1. The van der Waals surface area contributed by atoms with Gasteiger partial charge < -0.3 is 11.1 Å². The summed E-state index contributed by atoms with van der Waals surface area (Å²) in [5, 5.41) is 6.36. The van der Waals surface area contributed by atoms with Crippen LogP contribution in [0.25, 0.3) is 0 Å². The lowest BCUT2D eigenvalue weighted by molar-refractivity contribution is -0.111. The van der Waals surface area contributed by atoms with Crippen LogP contribution in [0.4, 0.5) is 23.2 Å². The topological polar surface area (TPSA) is 103 Å². The first-order valence-electron chi connectivity index (χ1n) is 9.74. The van der Waals surface area contributed by atoms with E-state index in [1.165, 1.54) is 25.3 Å². The van der Waals surface area contributed by atoms with Crippen LogP contribution in [-0.4, -0.2) is 32.5 Å². The Labute approximate surface area is 175 Å². The third kappa shape index (κ3) is 3.45. The highest BCUT2D eigenvalue weighted by Gasteiger charge is 2.68. The SMILES string of the molecule is Cc1c(C(C)(F)F)nn(CC23CC(CC2(F)F)C3)c1C(=O)Nc1ccnc(C(N)=O)c1. The molecule has 166 valence electrons. The van der Waals surface area contributed by atoms with Gasteiger partial charge in [-0.2, -0.15) is 13.9 Å². The molecule has 3 fully saturated rings. The molecule has 3 N–H and O–H groups in total. The Bertz CT molecular complexity index is 1070. The highest BCUT2D eigenvalue weighted by Crippen LogP contribution is 2.67. The van der Waals surface area contributed by atoms with Gasteiger partial charge in [0, 0.05) is 30.8 Å². The van der Waals surface area contributed by atoms with Crippen LogP contribution in [0, 0.1) is 18.3 Å². The van der Waals surface area contributed by atoms with Gasteiger partial charge in [0.2, 0.25) is 0 Å². The van der Waals surface area contributed by atoms with Crippen molar-refractivity contribution in [3.05, 3.63) is 41.0 Å². The molecule has 3 aliphatic rings. The molecule has 5 rings (SSSR count). The maximum atomic E-state index is 14.5. The van der Waals surface area contributed by atoms with Gasteiger partial charge >= 0.3 is 0 Å². The summed E-state index contributed by atoms with van der Waals surface area (Å²) in [7, 11) is 0. The predicted molar refractivity (Wildman–Crippen MR) is 102 cm³/mol. The number of nitrogens with one attached hydrogen (secondary N) is 1. The molecule has 0 atom stereocenters. The summed E-state index contributed by atoms with van der Waals surface area (Å²) >= 11 is 0. The molecule has 31 heavy (non-hydrogen) atoms. The van der Waals surface area contributed by atoms with E-state index in [0.29, 0.717) is 6.92 Å². The lowest BCUT2D eigenvalue weighted by Crippen LogP contribution is -2.43. The summed E-state index contributed by atoms with van der Waals surface area (Å²) in [6.07, 6.45) is 1.55. The van der Waals surface area contributed by atoms with Crippen LogP contribution in [0.15, 0.2) is 18.3 Å². The van der Waals surface area contributed by atoms with Gasteiger partial charge in [-0.05, 0) is 37.8 Å². The minimum Gasteiger partial charge on any atom is -0.364 e. The van der Waals surface area contributed by atoms with Crippen LogP contribution in [0.2, 0.25) is 0 Å². The lowest BCUT2D eigenvalue weighted by Gasteiger charge is -2.40. The first-order chi connectivity index (χ1) is 14.3. The second-order valence-electron chi connectivity index (χ2n) is 8.58. The maximum absolute atomic E-state index is 14.5. The summed E-state index contributed by atoms with van der Waals surface area (Å²) in [5.41, 5.74) is 2.88. The Morgan fingerprint density at radius 3 is 2.55 bits per heavy atom. The molecule has 3 saturated carbocycles. The average molecular weight is 439 g/mol. The monoisotopic (exact) mass is 439 g/mol. The molecule has 0 saturated heterocycles. The van der Waals surface area contributed by atoms with Crippen molar-refractivity contribution in [2.45, 2.75) is 51.5 Å². The van der Waals surface area contributed by atoms with Gasteiger partial charge in [0.05, 0.1) is 12.0 Å². The van der Waals surface area contributed by atoms with E-state index in [-0.39, 0.29) is 54.4 Å². The van der Waals surface area contributed by atoms with Crippen LogP contribution in [0.5, 0.6) is 0 Å². The zero-order valence-electron chi connectivity index (χ0n) is 16.9. The van der Waals surface area contributed by atoms with E-state index in [9.17, 15) is 27.2 Å². The van der Waals surface area contributed by atoms with Crippen LogP contribution in [0.3, 0.4) is 0 Å². The minimum atomic E-state index is -3.36. The van der Waals surface area contributed by atoms with Gasteiger partial charge in [0.15, 0.2) is 0 Å². The first kappa shape index (κ1) is 21.3. The van der Waals surface area contributed by atoms with Crippen LogP contribution in [0.1, 0.15) is 58.4 Å². The fourth-order valence-corrected chi connectivity index (χ4v) is 4.80. The van der Waals surface area contributed by atoms with Gasteiger partial charge in [-0.3, -0.25) is 19.3 Å². The maximum Gasteiger partial charge on any atom is 0.289 e. The predicted octanol–water partition coefficient (Wildman–Crippen LogP) is 3.48. The summed E-state index contributed by atoms with van der Waals surface area (Å²) in [6, 6.07) is 2.61. The van der Waals surface area contributed by atoms with Crippen molar-refractivity contribution < 1.29 is 27.2 Å². The third-order valence-corrected chi connectivity index (χ3v) is 6.22. The molecule has 11 heteroatoms. The number of carbonyl (C=O) groups is 2. The molecule has 0 spiro atoms. The first-order valence-corrected chi connectivity index (χ1v) is 9.74. The molecule has 2 bridgehead atoms. The number of pyridine rings is 1. The fourth-order valence-electron chi connectivity index (χ4n) is 4.80.